The lowest BCUT2D eigenvalue weighted by atomic mass is 10.2. The number of rotatable bonds is 6. The van der Waals surface area contributed by atoms with E-state index in [0.717, 1.165) is 15.2 Å². The van der Waals surface area contributed by atoms with Crippen molar-refractivity contribution < 1.29 is 9.18 Å². The van der Waals surface area contributed by atoms with Gasteiger partial charge < -0.3 is 4.90 Å². The number of aromatic nitrogens is 1. The molecule has 0 spiro atoms. The van der Waals surface area contributed by atoms with Crippen molar-refractivity contribution in [2.45, 2.75) is 13.5 Å². The summed E-state index contributed by atoms with van der Waals surface area (Å²) in [6, 6.07) is 4.68. The van der Waals surface area contributed by atoms with Crippen LogP contribution in [0.25, 0.3) is 6.08 Å². The quantitative estimate of drug-likeness (QED) is 0.530. The minimum absolute atomic E-state index is 0.177. The first-order valence-electron chi connectivity index (χ1n) is 6.93. The van der Waals surface area contributed by atoms with Crippen LogP contribution in [0.4, 0.5) is 4.39 Å². The predicted octanol–water partition coefficient (Wildman–Crippen LogP) is 4.58. The van der Waals surface area contributed by atoms with Crippen molar-refractivity contribution in [3.05, 3.63) is 68.9 Å². The first-order valence-corrected chi connectivity index (χ1v) is 8.61. The van der Waals surface area contributed by atoms with E-state index in [-0.39, 0.29) is 18.3 Å². The van der Waals surface area contributed by atoms with E-state index >= 15 is 0 Å². The van der Waals surface area contributed by atoms with Gasteiger partial charge in [0, 0.05) is 34.6 Å². The molecule has 0 unspecified atom stereocenters. The van der Waals surface area contributed by atoms with Gasteiger partial charge in [0.2, 0.25) is 5.91 Å². The van der Waals surface area contributed by atoms with E-state index in [9.17, 15) is 9.18 Å². The Labute approximate surface area is 147 Å². The van der Waals surface area contributed by atoms with Gasteiger partial charge in [0.1, 0.15) is 5.82 Å². The third kappa shape index (κ3) is 5.11. The number of carbonyl (C=O) groups excluding carboxylic acids is 1. The molecule has 0 bridgehead atoms. The van der Waals surface area contributed by atoms with Crippen LogP contribution in [-0.4, -0.2) is 22.3 Å². The fourth-order valence-electron chi connectivity index (χ4n) is 1.98. The van der Waals surface area contributed by atoms with E-state index in [1.54, 1.807) is 24.3 Å². The SMILES string of the molecule is C=CCN(Cc1cc(Br)ccc1F)C(=O)/C=C/c1csc(C)n1. The molecular formula is C17H16BrFN2OS. The van der Waals surface area contributed by atoms with Crippen LogP contribution in [-0.2, 0) is 11.3 Å². The van der Waals surface area contributed by atoms with Crippen LogP contribution in [0, 0.1) is 12.7 Å². The minimum Gasteiger partial charge on any atom is -0.331 e. The zero-order chi connectivity index (χ0) is 16.8. The van der Waals surface area contributed by atoms with Gasteiger partial charge in [-0.2, -0.15) is 0 Å². The number of carbonyl (C=O) groups is 1. The average Bonchev–Trinajstić information content (AvgIpc) is 2.93. The predicted molar refractivity (Wildman–Crippen MR) is 95.6 cm³/mol. The van der Waals surface area contributed by atoms with Gasteiger partial charge in [-0.15, -0.1) is 17.9 Å². The summed E-state index contributed by atoms with van der Waals surface area (Å²) in [5, 5.41) is 2.82. The standard InChI is InChI=1S/C17H16BrFN2OS/c1-3-8-21(10-13-9-14(18)4-6-16(13)19)17(22)7-5-15-11-23-12(2)20-15/h3-7,9,11H,1,8,10H2,2H3/b7-5+. The highest BCUT2D eigenvalue weighted by Crippen LogP contribution is 2.18. The van der Waals surface area contributed by atoms with Gasteiger partial charge in [-0.3, -0.25) is 4.79 Å². The molecule has 0 N–H and O–H groups in total. The monoisotopic (exact) mass is 394 g/mol. The summed E-state index contributed by atoms with van der Waals surface area (Å²) in [6.45, 7) is 6.08. The number of nitrogens with zero attached hydrogens (tertiary/aromatic N) is 2. The van der Waals surface area contributed by atoms with Gasteiger partial charge in [-0.1, -0.05) is 22.0 Å². The van der Waals surface area contributed by atoms with E-state index in [4.69, 9.17) is 0 Å². The van der Waals surface area contributed by atoms with Crippen molar-refractivity contribution in [1.82, 2.24) is 9.88 Å². The molecule has 120 valence electrons. The first kappa shape index (κ1) is 17.6. The number of amides is 1. The topological polar surface area (TPSA) is 33.2 Å². The van der Waals surface area contributed by atoms with Crippen LogP contribution in [0.2, 0.25) is 0 Å². The third-order valence-electron chi connectivity index (χ3n) is 3.06. The lowest BCUT2D eigenvalue weighted by molar-refractivity contribution is -0.126. The lowest BCUT2D eigenvalue weighted by Crippen LogP contribution is -2.29. The fourth-order valence-corrected chi connectivity index (χ4v) is 2.97. The van der Waals surface area contributed by atoms with Crippen molar-refractivity contribution in [2.24, 2.45) is 0 Å². The zero-order valence-corrected chi connectivity index (χ0v) is 15.0. The maximum Gasteiger partial charge on any atom is 0.247 e. The Morgan fingerprint density at radius 1 is 1.52 bits per heavy atom. The molecule has 0 saturated carbocycles. The Hall–Kier alpha value is -1.79. The Bertz CT molecular complexity index is 742. The minimum atomic E-state index is -0.339. The molecule has 23 heavy (non-hydrogen) atoms. The normalized spacial score (nSPS) is 10.9. The Morgan fingerprint density at radius 3 is 2.96 bits per heavy atom. The van der Waals surface area contributed by atoms with Gasteiger partial charge in [0.25, 0.3) is 0 Å². The summed E-state index contributed by atoms with van der Waals surface area (Å²) < 4.78 is 14.6. The van der Waals surface area contributed by atoms with Crippen molar-refractivity contribution in [2.75, 3.05) is 6.54 Å². The highest BCUT2D eigenvalue weighted by atomic mass is 79.9. The fraction of sp³-hybridized carbons (Fsp3) is 0.176. The first-order chi connectivity index (χ1) is 11.0. The van der Waals surface area contributed by atoms with Crippen molar-refractivity contribution in [3.8, 4) is 0 Å². The second-order valence-corrected chi connectivity index (χ2v) is 6.85. The van der Waals surface area contributed by atoms with Gasteiger partial charge in [-0.05, 0) is 31.2 Å². The smallest absolute Gasteiger partial charge is 0.247 e. The summed E-state index contributed by atoms with van der Waals surface area (Å²) in [5.41, 5.74) is 1.19. The van der Waals surface area contributed by atoms with Crippen LogP contribution in [0.3, 0.4) is 0 Å². The van der Waals surface area contributed by atoms with Crippen molar-refractivity contribution in [1.29, 1.82) is 0 Å². The molecule has 1 aromatic carbocycles. The van der Waals surface area contributed by atoms with Crippen LogP contribution in [0.15, 0.2) is 46.8 Å². The summed E-state index contributed by atoms with van der Waals surface area (Å²) in [7, 11) is 0. The Morgan fingerprint density at radius 2 is 2.30 bits per heavy atom. The molecule has 2 rings (SSSR count). The molecule has 0 atom stereocenters. The highest BCUT2D eigenvalue weighted by molar-refractivity contribution is 9.10. The molecule has 1 heterocycles. The molecule has 0 aliphatic heterocycles. The summed E-state index contributed by atoms with van der Waals surface area (Å²) in [4.78, 5) is 18.1. The molecule has 0 aliphatic rings. The third-order valence-corrected chi connectivity index (χ3v) is 4.35. The number of halogens is 2. The van der Waals surface area contributed by atoms with Gasteiger partial charge in [0.05, 0.1) is 10.7 Å². The molecular weight excluding hydrogens is 379 g/mol. The van der Waals surface area contributed by atoms with E-state index in [2.05, 4.69) is 27.5 Å². The highest BCUT2D eigenvalue weighted by Gasteiger charge is 2.13. The molecule has 0 fully saturated rings. The Kier molecular flexibility index (Phi) is 6.24. The average molecular weight is 395 g/mol. The molecule has 1 amide bonds. The maximum absolute atomic E-state index is 13.9. The van der Waals surface area contributed by atoms with E-state index in [1.165, 1.54) is 28.4 Å². The Balaban J connectivity index is 2.13. The number of thiazole rings is 1. The van der Waals surface area contributed by atoms with E-state index in [1.807, 2.05) is 12.3 Å². The van der Waals surface area contributed by atoms with Crippen molar-refractivity contribution in [3.63, 3.8) is 0 Å². The maximum atomic E-state index is 13.9. The summed E-state index contributed by atoms with van der Waals surface area (Å²) in [5.74, 6) is -0.552. The van der Waals surface area contributed by atoms with Gasteiger partial charge in [0.15, 0.2) is 0 Å². The van der Waals surface area contributed by atoms with Crippen LogP contribution >= 0.6 is 27.3 Å². The number of hydrogen-bond acceptors (Lipinski definition) is 3. The molecule has 0 radical (unpaired) electrons. The zero-order valence-electron chi connectivity index (χ0n) is 12.6. The van der Waals surface area contributed by atoms with Crippen LogP contribution in [0.1, 0.15) is 16.3 Å². The molecule has 6 heteroatoms. The van der Waals surface area contributed by atoms with Crippen LogP contribution in [0.5, 0.6) is 0 Å². The van der Waals surface area contributed by atoms with Gasteiger partial charge >= 0.3 is 0 Å². The lowest BCUT2D eigenvalue weighted by Gasteiger charge is -2.20. The second-order valence-electron chi connectivity index (χ2n) is 4.87. The molecule has 0 saturated heterocycles. The van der Waals surface area contributed by atoms with E-state index in [0.29, 0.717) is 12.1 Å². The number of benzene rings is 1. The number of hydrogen-bond donors (Lipinski definition) is 0. The van der Waals surface area contributed by atoms with Crippen molar-refractivity contribution >= 4 is 39.2 Å². The number of aryl methyl sites for hydroxylation is 1. The van der Waals surface area contributed by atoms with E-state index < -0.39 is 0 Å². The van der Waals surface area contributed by atoms with Gasteiger partial charge in [-0.25, -0.2) is 9.37 Å². The largest absolute Gasteiger partial charge is 0.331 e. The van der Waals surface area contributed by atoms with Crippen LogP contribution < -0.4 is 0 Å². The summed E-state index contributed by atoms with van der Waals surface area (Å²) in [6.07, 6.45) is 4.74. The molecule has 0 aliphatic carbocycles. The molecule has 3 nitrogen and oxygen atoms in total. The molecule has 2 aromatic rings. The second kappa shape index (κ2) is 8.17. The molecule has 1 aromatic heterocycles. The summed E-state index contributed by atoms with van der Waals surface area (Å²) >= 11 is 4.84.